The Balaban J connectivity index is 1.24. The molecule has 1 fully saturated rings. The second-order valence-electron chi connectivity index (χ2n) is 9.39. The van der Waals surface area contributed by atoms with Gasteiger partial charge in [-0.25, -0.2) is 14.6 Å². The van der Waals surface area contributed by atoms with Crippen molar-refractivity contribution < 1.29 is 9.15 Å². The number of nitrogens with zero attached hydrogens (tertiary/aromatic N) is 5. The largest absolute Gasteiger partial charge is 0.423 e. The van der Waals surface area contributed by atoms with Gasteiger partial charge in [0.1, 0.15) is 23.4 Å². The summed E-state index contributed by atoms with van der Waals surface area (Å²) in [6.45, 7) is 1.61. The van der Waals surface area contributed by atoms with Crippen molar-refractivity contribution in [1.82, 2.24) is 30.0 Å². The SMILES string of the molecule is COCCNC1CCC(n2nc(-c3ccc(Nc4nc5ccccc5o4)cc3)c3c(N)ncnc32)CC1. The van der Waals surface area contributed by atoms with Crippen LogP contribution < -0.4 is 16.4 Å². The van der Waals surface area contributed by atoms with E-state index in [1.54, 1.807) is 7.11 Å². The third kappa shape index (κ3) is 4.73. The number of benzene rings is 2. The number of oxazole rings is 1. The fourth-order valence-corrected chi connectivity index (χ4v) is 5.10. The summed E-state index contributed by atoms with van der Waals surface area (Å²) < 4.78 is 13.0. The van der Waals surface area contributed by atoms with Gasteiger partial charge in [0.05, 0.1) is 18.0 Å². The van der Waals surface area contributed by atoms with Gasteiger partial charge in [-0.3, -0.25) is 0 Å². The minimum atomic E-state index is 0.270. The van der Waals surface area contributed by atoms with Crippen LogP contribution in [-0.2, 0) is 4.74 Å². The summed E-state index contributed by atoms with van der Waals surface area (Å²) in [5.41, 5.74) is 11.3. The van der Waals surface area contributed by atoms with Crippen LogP contribution in [0.4, 0.5) is 17.5 Å². The van der Waals surface area contributed by atoms with E-state index in [9.17, 15) is 0 Å². The normalized spacial score (nSPS) is 18.0. The molecule has 0 atom stereocenters. The summed E-state index contributed by atoms with van der Waals surface area (Å²) in [7, 11) is 1.73. The van der Waals surface area contributed by atoms with E-state index in [0.29, 0.717) is 17.9 Å². The van der Waals surface area contributed by atoms with E-state index in [1.165, 1.54) is 6.33 Å². The summed E-state index contributed by atoms with van der Waals surface area (Å²) in [5.74, 6) is 0.440. The quantitative estimate of drug-likeness (QED) is 0.261. The van der Waals surface area contributed by atoms with Crippen molar-refractivity contribution in [2.45, 2.75) is 37.8 Å². The number of anilines is 3. The average molecular weight is 499 g/mol. The zero-order valence-electron chi connectivity index (χ0n) is 20.7. The molecule has 0 amide bonds. The molecule has 5 aromatic rings. The predicted octanol–water partition coefficient (Wildman–Crippen LogP) is 4.68. The van der Waals surface area contributed by atoms with Crippen LogP contribution in [0.1, 0.15) is 31.7 Å². The number of hydrogen-bond donors (Lipinski definition) is 3. The molecule has 0 spiro atoms. The number of aromatic nitrogens is 5. The molecule has 0 bridgehead atoms. The van der Waals surface area contributed by atoms with Crippen LogP contribution in [0.25, 0.3) is 33.4 Å². The molecule has 2 aromatic carbocycles. The Morgan fingerprint density at radius 3 is 2.65 bits per heavy atom. The highest BCUT2D eigenvalue weighted by Gasteiger charge is 2.26. The van der Waals surface area contributed by atoms with Crippen molar-refractivity contribution in [3.05, 3.63) is 54.9 Å². The van der Waals surface area contributed by atoms with Crippen molar-refractivity contribution in [1.29, 1.82) is 0 Å². The van der Waals surface area contributed by atoms with Crippen LogP contribution in [0.3, 0.4) is 0 Å². The molecule has 3 heterocycles. The summed E-state index contributed by atoms with van der Waals surface area (Å²) in [6, 6.07) is 16.9. The van der Waals surface area contributed by atoms with E-state index in [4.69, 9.17) is 20.0 Å². The molecule has 37 heavy (non-hydrogen) atoms. The molecule has 190 valence electrons. The van der Waals surface area contributed by atoms with E-state index in [-0.39, 0.29) is 6.04 Å². The van der Waals surface area contributed by atoms with Gasteiger partial charge in [-0.05, 0) is 49.9 Å². The van der Waals surface area contributed by atoms with Crippen molar-refractivity contribution in [2.75, 3.05) is 31.3 Å². The Kier molecular flexibility index (Phi) is 6.42. The van der Waals surface area contributed by atoms with Crippen LogP contribution in [0.2, 0.25) is 0 Å². The first kappa shape index (κ1) is 23.4. The van der Waals surface area contributed by atoms with Crippen LogP contribution in [0.5, 0.6) is 0 Å². The molecule has 0 saturated heterocycles. The monoisotopic (exact) mass is 498 g/mol. The first-order chi connectivity index (χ1) is 18.2. The number of fused-ring (bicyclic) bond motifs is 2. The highest BCUT2D eigenvalue weighted by Crippen LogP contribution is 2.36. The van der Waals surface area contributed by atoms with Gasteiger partial charge < -0.3 is 25.5 Å². The van der Waals surface area contributed by atoms with Crippen molar-refractivity contribution in [3.8, 4) is 11.3 Å². The third-order valence-corrected chi connectivity index (χ3v) is 7.00. The topological polar surface area (TPSA) is 129 Å². The fourth-order valence-electron chi connectivity index (χ4n) is 5.10. The predicted molar refractivity (Wildman–Crippen MR) is 144 cm³/mol. The number of para-hydroxylation sites is 2. The Hall–Kier alpha value is -4.02. The lowest BCUT2D eigenvalue weighted by molar-refractivity contribution is 0.188. The van der Waals surface area contributed by atoms with Crippen LogP contribution in [0.15, 0.2) is 59.3 Å². The molecule has 0 radical (unpaired) electrons. The maximum Gasteiger partial charge on any atom is 0.300 e. The zero-order valence-corrected chi connectivity index (χ0v) is 20.7. The number of rotatable bonds is 8. The van der Waals surface area contributed by atoms with Gasteiger partial charge in [-0.2, -0.15) is 10.1 Å². The third-order valence-electron chi connectivity index (χ3n) is 7.00. The molecule has 10 heteroatoms. The van der Waals surface area contributed by atoms with Crippen LogP contribution >= 0.6 is 0 Å². The van der Waals surface area contributed by atoms with Crippen molar-refractivity contribution in [3.63, 3.8) is 0 Å². The molecular weight excluding hydrogens is 468 g/mol. The molecule has 0 unspecified atom stereocenters. The Morgan fingerprint density at radius 1 is 1.05 bits per heavy atom. The first-order valence-electron chi connectivity index (χ1n) is 12.6. The average Bonchev–Trinajstić information content (AvgIpc) is 3.52. The number of methoxy groups -OCH3 is 1. The van der Waals surface area contributed by atoms with Gasteiger partial charge in [0.15, 0.2) is 11.2 Å². The second kappa shape index (κ2) is 10.2. The summed E-state index contributed by atoms with van der Waals surface area (Å²) >= 11 is 0. The number of nitrogens with one attached hydrogen (secondary N) is 2. The van der Waals surface area contributed by atoms with E-state index < -0.39 is 0 Å². The summed E-state index contributed by atoms with van der Waals surface area (Å²) in [5, 5.41) is 12.6. The standard InChI is InChI=1S/C27H30N8O2/c1-36-15-14-29-18-10-12-20(13-11-18)35-26-23(25(28)30-16-31-26)24(34-35)17-6-8-19(9-7-17)32-27-33-21-4-2-3-5-22(21)37-27/h2-9,16,18,20,29H,10-15H2,1H3,(H,32,33)(H2,28,30,31). The van der Waals surface area contributed by atoms with Crippen molar-refractivity contribution in [2.24, 2.45) is 0 Å². The zero-order chi connectivity index (χ0) is 25.2. The Morgan fingerprint density at radius 2 is 1.86 bits per heavy atom. The van der Waals surface area contributed by atoms with Gasteiger partial charge in [0.2, 0.25) is 0 Å². The fraction of sp³-hybridized carbons (Fsp3) is 0.333. The van der Waals surface area contributed by atoms with Gasteiger partial charge >= 0.3 is 0 Å². The number of ether oxygens (including phenoxy) is 1. The van der Waals surface area contributed by atoms with Gasteiger partial charge in [-0.15, -0.1) is 0 Å². The maximum absolute atomic E-state index is 6.34. The number of hydrogen-bond acceptors (Lipinski definition) is 9. The Labute approximate surface area is 214 Å². The smallest absolute Gasteiger partial charge is 0.300 e. The van der Waals surface area contributed by atoms with Gasteiger partial charge in [0.25, 0.3) is 6.01 Å². The lowest BCUT2D eigenvalue weighted by atomic mass is 9.91. The molecule has 1 saturated carbocycles. The Bertz CT molecular complexity index is 1470. The van der Waals surface area contributed by atoms with E-state index in [0.717, 1.165) is 77.9 Å². The highest BCUT2D eigenvalue weighted by molar-refractivity contribution is 5.98. The molecule has 1 aliphatic rings. The number of nitrogens with two attached hydrogens (primary N) is 1. The summed E-state index contributed by atoms with van der Waals surface area (Å²) in [6.07, 6.45) is 5.74. The highest BCUT2D eigenvalue weighted by atomic mass is 16.5. The van der Waals surface area contributed by atoms with E-state index in [2.05, 4.69) is 30.3 Å². The summed E-state index contributed by atoms with van der Waals surface area (Å²) in [4.78, 5) is 13.3. The molecule has 1 aliphatic carbocycles. The van der Waals surface area contributed by atoms with E-state index in [1.807, 2.05) is 48.5 Å². The molecule has 3 aromatic heterocycles. The van der Waals surface area contributed by atoms with Crippen molar-refractivity contribution >= 4 is 39.7 Å². The molecular formula is C27H30N8O2. The minimum absolute atomic E-state index is 0.270. The molecule has 0 aliphatic heterocycles. The molecule has 6 rings (SSSR count). The lowest BCUT2D eigenvalue weighted by Crippen LogP contribution is -2.35. The van der Waals surface area contributed by atoms with Crippen LogP contribution in [0, 0.1) is 0 Å². The van der Waals surface area contributed by atoms with Gasteiger partial charge in [0, 0.05) is 30.9 Å². The minimum Gasteiger partial charge on any atom is -0.423 e. The second-order valence-corrected chi connectivity index (χ2v) is 9.39. The molecule has 10 nitrogen and oxygen atoms in total. The van der Waals surface area contributed by atoms with Crippen LogP contribution in [-0.4, -0.2) is 51.0 Å². The van der Waals surface area contributed by atoms with E-state index >= 15 is 0 Å². The van der Waals surface area contributed by atoms with Gasteiger partial charge in [-0.1, -0.05) is 24.3 Å². The first-order valence-corrected chi connectivity index (χ1v) is 12.6. The lowest BCUT2D eigenvalue weighted by Gasteiger charge is -2.29. The maximum atomic E-state index is 6.34. The molecule has 4 N–H and O–H groups in total. The number of nitrogen functional groups attached to an aromatic ring is 1.